The van der Waals surface area contributed by atoms with Crippen LogP contribution in [0.25, 0.3) is 0 Å². The van der Waals surface area contributed by atoms with Crippen LogP contribution in [0.2, 0.25) is 0 Å². The number of rotatable bonds is 3. The van der Waals surface area contributed by atoms with Gasteiger partial charge in [0.1, 0.15) is 5.82 Å². The van der Waals surface area contributed by atoms with Gasteiger partial charge in [0, 0.05) is 11.0 Å². The van der Waals surface area contributed by atoms with Gasteiger partial charge in [-0.25, -0.2) is 4.39 Å². The largest absolute Gasteiger partial charge is 0.384 e. The molecule has 2 rings (SSSR count). The van der Waals surface area contributed by atoms with Crippen LogP contribution in [0, 0.1) is 11.7 Å². The van der Waals surface area contributed by atoms with Crippen molar-refractivity contribution in [2.45, 2.75) is 12.8 Å². The van der Waals surface area contributed by atoms with Gasteiger partial charge in [0.25, 0.3) is 0 Å². The molecule has 0 saturated carbocycles. The number of hydrogen-bond acceptors (Lipinski definition) is 2. The minimum atomic E-state index is -0.198. The Morgan fingerprint density at radius 1 is 1.38 bits per heavy atom. The van der Waals surface area contributed by atoms with Gasteiger partial charge in [-0.3, -0.25) is 0 Å². The van der Waals surface area contributed by atoms with E-state index in [4.69, 9.17) is 0 Å². The molecule has 0 aromatic heterocycles. The normalized spacial score (nSPS) is 17.4. The average Bonchev–Trinajstić information content (AvgIpc) is 2.32. The molecule has 1 heterocycles. The number of piperidine rings is 1. The highest BCUT2D eigenvalue weighted by atomic mass is 79.9. The number of halogens is 2. The lowest BCUT2D eigenvalue weighted by atomic mass is 9.98. The summed E-state index contributed by atoms with van der Waals surface area (Å²) in [5.41, 5.74) is 0.846. The fraction of sp³-hybridized carbons (Fsp3) is 0.500. The smallest absolute Gasteiger partial charge is 0.125 e. The number of nitrogens with one attached hydrogen (secondary N) is 2. The van der Waals surface area contributed by atoms with E-state index in [0.717, 1.165) is 29.8 Å². The van der Waals surface area contributed by atoms with E-state index in [2.05, 4.69) is 26.6 Å². The Balaban J connectivity index is 1.90. The van der Waals surface area contributed by atoms with Crippen LogP contribution in [0.3, 0.4) is 0 Å². The molecule has 4 heteroatoms. The molecule has 88 valence electrons. The van der Waals surface area contributed by atoms with Crippen LogP contribution in [-0.2, 0) is 0 Å². The molecule has 0 atom stereocenters. The van der Waals surface area contributed by atoms with Crippen LogP contribution in [-0.4, -0.2) is 19.6 Å². The van der Waals surface area contributed by atoms with Crippen LogP contribution in [0.4, 0.5) is 10.1 Å². The van der Waals surface area contributed by atoms with Crippen molar-refractivity contribution in [2.24, 2.45) is 5.92 Å². The van der Waals surface area contributed by atoms with Gasteiger partial charge < -0.3 is 10.6 Å². The first kappa shape index (κ1) is 11.9. The van der Waals surface area contributed by atoms with Crippen molar-refractivity contribution in [1.82, 2.24) is 5.32 Å². The minimum Gasteiger partial charge on any atom is -0.384 e. The Morgan fingerprint density at radius 3 is 2.88 bits per heavy atom. The summed E-state index contributed by atoms with van der Waals surface area (Å²) in [6.45, 7) is 3.11. The highest BCUT2D eigenvalue weighted by Gasteiger charge is 2.13. The fourth-order valence-corrected chi connectivity index (χ4v) is 2.36. The molecule has 0 radical (unpaired) electrons. The predicted molar refractivity (Wildman–Crippen MR) is 68.2 cm³/mol. The first-order chi connectivity index (χ1) is 7.75. The summed E-state index contributed by atoms with van der Waals surface area (Å²) in [6, 6.07) is 4.73. The van der Waals surface area contributed by atoms with E-state index < -0.39 is 0 Å². The summed E-state index contributed by atoms with van der Waals surface area (Å²) >= 11 is 3.41. The Bertz CT molecular complexity index is 351. The molecule has 2 nitrogen and oxygen atoms in total. The lowest BCUT2D eigenvalue weighted by molar-refractivity contribution is 0.390. The topological polar surface area (TPSA) is 24.1 Å². The molecular weight excluding hydrogens is 271 g/mol. The quantitative estimate of drug-likeness (QED) is 0.893. The number of benzene rings is 1. The van der Waals surface area contributed by atoms with Crippen molar-refractivity contribution in [3.8, 4) is 0 Å². The van der Waals surface area contributed by atoms with E-state index in [0.29, 0.717) is 5.92 Å². The van der Waals surface area contributed by atoms with Crippen molar-refractivity contribution in [3.05, 3.63) is 28.5 Å². The molecule has 1 aromatic rings. The molecule has 1 fully saturated rings. The van der Waals surface area contributed by atoms with Gasteiger partial charge >= 0.3 is 0 Å². The first-order valence-electron chi connectivity index (χ1n) is 5.65. The van der Waals surface area contributed by atoms with E-state index in [1.807, 2.05) is 0 Å². The second kappa shape index (κ2) is 5.64. The molecule has 1 saturated heterocycles. The SMILES string of the molecule is Fc1ccc(Br)c(NCC2CCNCC2)c1. The molecule has 0 bridgehead atoms. The molecule has 2 N–H and O–H groups in total. The zero-order valence-electron chi connectivity index (χ0n) is 9.10. The van der Waals surface area contributed by atoms with Crippen LogP contribution < -0.4 is 10.6 Å². The van der Waals surface area contributed by atoms with Gasteiger partial charge in [-0.2, -0.15) is 0 Å². The summed E-state index contributed by atoms with van der Waals surface area (Å²) in [6.07, 6.45) is 2.39. The highest BCUT2D eigenvalue weighted by Crippen LogP contribution is 2.24. The van der Waals surface area contributed by atoms with Crippen LogP contribution in [0.5, 0.6) is 0 Å². The molecular formula is C12H16BrFN2. The Kier molecular flexibility index (Phi) is 4.18. The van der Waals surface area contributed by atoms with Crippen LogP contribution in [0.15, 0.2) is 22.7 Å². The Morgan fingerprint density at radius 2 is 2.12 bits per heavy atom. The van der Waals surface area contributed by atoms with Gasteiger partial charge in [-0.05, 0) is 66.0 Å². The zero-order chi connectivity index (χ0) is 11.4. The predicted octanol–water partition coefficient (Wildman–Crippen LogP) is 3.00. The second-order valence-corrected chi connectivity index (χ2v) is 5.05. The third-order valence-electron chi connectivity index (χ3n) is 2.97. The maximum absolute atomic E-state index is 13.0. The minimum absolute atomic E-state index is 0.198. The highest BCUT2D eigenvalue weighted by molar-refractivity contribution is 9.10. The van der Waals surface area contributed by atoms with Crippen molar-refractivity contribution in [1.29, 1.82) is 0 Å². The van der Waals surface area contributed by atoms with Crippen molar-refractivity contribution in [3.63, 3.8) is 0 Å². The van der Waals surface area contributed by atoms with E-state index in [1.54, 1.807) is 6.07 Å². The van der Waals surface area contributed by atoms with Crippen LogP contribution in [0.1, 0.15) is 12.8 Å². The maximum atomic E-state index is 13.0. The van der Waals surface area contributed by atoms with Gasteiger partial charge in [0.15, 0.2) is 0 Å². The number of hydrogen-bond donors (Lipinski definition) is 2. The van der Waals surface area contributed by atoms with Gasteiger partial charge in [0.2, 0.25) is 0 Å². The standard InChI is InChI=1S/C12H16BrFN2/c13-11-2-1-10(14)7-12(11)16-8-9-3-5-15-6-4-9/h1-2,7,9,15-16H,3-6,8H2. The Hall–Kier alpha value is -0.610. The first-order valence-corrected chi connectivity index (χ1v) is 6.44. The van der Waals surface area contributed by atoms with E-state index in [-0.39, 0.29) is 5.82 Å². The third kappa shape index (κ3) is 3.19. The van der Waals surface area contributed by atoms with Crippen molar-refractivity contribution in [2.75, 3.05) is 25.0 Å². The lowest BCUT2D eigenvalue weighted by Gasteiger charge is -2.23. The van der Waals surface area contributed by atoms with Gasteiger partial charge in [-0.15, -0.1) is 0 Å². The summed E-state index contributed by atoms with van der Waals surface area (Å²) in [5.74, 6) is 0.493. The average molecular weight is 287 g/mol. The molecule has 0 aliphatic carbocycles. The molecule has 0 spiro atoms. The number of anilines is 1. The summed E-state index contributed by atoms with van der Waals surface area (Å²) in [5, 5.41) is 6.65. The van der Waals surface area contributed by atoms with Crippen LogP contribution >= 0.6 is 15.9 Å². The lowest BCUT2D eigenvalue weighted by Crippen LogP contribution is -2.31. The monoisotopic (exact) mass is 286 g/mol. The van der Waals surface area contributed by atoms with E-state index in [1.165, 1.54) is 25.0 Å². The van der Waals surface area contributed by atoms with Gasteiger partial charge in [-0.1, -0.05) is 0 Å². The third-order valence-corrected chi connectivity index (χ3v) is 3.66. The molecule has 1 aromatic carbocycles. The molecule has 1 aliphatic heterocycles. The maximum Gasteiger partial charge on any atom is 0.125 e. The summed E-state index contributed by atoms with van der Waals surface area (Å²) in [4.78, 5) is 0. The summed E-state index contributed by atoms with van der Waals surface area (Å²) < 4.78 is 14.0. The van der Waals surface area contributed by atoms with E-state index in [9.17, 15) is 4.39 Å². The van der Waals surface area contributed by atoms with Gasteiger partial charge in [0.05, 0.1) is 5.69 Å². The molecule has 1 aliphatic rings. The summed E-state index contributed by atoms with van der Waals surface area (Å²) in [7, 11) is 0. The fourth-order valence-electron chi connectivity index (χ4n) is 1.97. The molecule has 0 unspecified atom stereocenters. The zero-order valence-corrected chi connectivity index (χ0v) is 10.7. The van der Waals surface area contributed by atoms with E-state index >= 15 is 0 Å². The molecule has 0 amide bonds. The van der Waals surface area contributed by atoms with Crippen molar-refractivity contribution < 1.29 is 4.39 Å². The Labute approximate surface area is 104 Å². The van der Waals surface area contributed by atoms with Crippen molar-refractivity contribution >= 4 is 21.6 Å². The second-order valence-electron chi connectivity index (χ2n) is 4.20. The molecule has 16 heavy (non-hydrogen) atoms.